The Labute approximate surface area is 127 Å². The van der Waals surface area contributed by atoms with Gasteiger partial charge >= 0.3 is 0 Å². The maximum atomic E-state index is 4.61. The van der Waals surface area contributed by atoms with Gasteiger partial charge in [-0.1, -0.05) is 13.8 Å². The van der Waals surface area contributed by atoms with Crippen LogP contribution in [-0.2, 0) is 0 Å². The number of aromatic nitrogens is 2. The second-order valence-electron chi connectivity index (χ2n) is 6.18. The van der Waals surface area contributed by atoms with Crippen molar-refractivity contribution in [2.75, 3.05) is 58.0 Å². The fraction of sp³-hybridized carbons (Fsp3) is 0.733. The third kappa shape index (κ3) is 4.28. The van der Waals surface area contributed by atoms with Crippen LogP contribution in [0, 0.1) is 0 Å². The quantitative estimate of drug-likeness (QED) is 0.853. The highest BCUT2D eigenvalue weighted by atomic mass is 15.3. The fourth-order valence-corrected chi connectivity index (χ4v) is 2.49. The minimum absolute atomic E-state index is 0.322. The van der Waals surface area contributed by atoms with E-state index in [2.05, 4.69) is 58.3 Å². The van der Waals surface area contributed by atoms with Crippen LogP contribution in [0.5, 0.6) is 0 Å². The molecule has 2 heterocycles. The first-order valence-electron chi connectivity index (χ1n) is 7.69. The zero-order chi connectivity index (χ0) is 15.4. The molecule has 1 aliphatic rings. The number of anilines is 2. The SMILES string of the molecule is CNc1cc(NCC2CN(C)CCN2C)nc(C(C)C)n1. The molecule has 1 fully saturated rings. The zero-order valence-electron chi connectivity index (χ0n) is 13.8. The van der Waals surface area contributed by atoms with Crippen molar-refractivity contribution in [3.8, 4) is 0 Å². The molecule has 6 heteroatoms. The molecule has 0 aliphatic carbocycles. The molecule has 1 unspecified atom stereocenters. The van der Waals surface area contributed by atoms with Crippen molar-refractivity contribution in [3.05, 3.63) is 11.9 Å². The number of hydrogen-bond donors (Lipinski definition) is 2. The Balaban J connectivity index is 2.03. The van der Waals surface area contributed by atoms with Gasteiger partial charge in [0.25, 0.3) is 0 Å². The highest BCUT2D eigenvalue weighted by molar-refractivity contribution is 5.47. The van der Waals surface area contributed by atoms with Gasteiger partial charge in [-0.2, -0.15) is 0 Å². The summed E-state index contributed by atoms with van der Waals surface area (Å²) >= 11 is 0. The van der Waals surface area contributed by atoms with E-state index in [-0.39, 0.29) is 0 Å². The van der Waals surface area contributed by atoms with Crippen LogP contribution in [0.2, 0.25) is 0 Å². The summed E-state index contributed by atoms with van der Waals surface area (Å²) in [5, 5.41) is 6.58. The average Bonchev–Trinajstić information content (AvgIpc) is 2.47. The van der Waals surface area contributed by atoms with Crippen molar-refractivity contribution in [1.29, 1.82) is 0 Å². The summed E-state index contributed by atoms with van der Waals surface area (Å²) in [6, 6.07) is 2.48. The molecule has 0 saturated carbocycles. The topological polar surface area (TPSA) is 56.3 Å². The second-order valence-corrected chi connectivity index (χ2v) is 6.18. The molecule has 0 aromatic carbocycles. The normalized spacial score (nSPS) is 20.8. The monoisotopic (exact) mass is 292 g/mol. The van der Waals surface area contributed by atoms with Crippen LogP contribution in [0.1, 0.15) is 25.6 Å². The predicted molar refractivity (Wildman–Crippen MR) is 88.1 cm³/mol. The van der Waals surface area contributed by atoms with Crippen molar-refractivity contribution < 1.29 is 0 Å². The molecule has 1 atom stereocenters. The van der Waals surface area contributed by atoms with Crippen molar-refractivity contribution >= 4 is 11.6 Å². The Morgan fingerprint density at radius 2 is 1.95 bits per heavy atom. The van der Waals surface area contributed by atoms with Crippen molar-refractivity contribution in [3.63, 3.8) is 0 Å². The molecule has 1 aromatic rings. The molecule has 1 saturated heterocycles. The van der Waals surface area contributed by atoms with Gasteiger partial charge in [-0.3, -0.25) is 4.90 Å². The van der Waals surface area contributed by atoms with Gasteiger partial charge in [-0.15, -0.1) is 0 Å². The van der Waals surface area contributed by atoms with Gasteiger partial charge < -0.3 is 15.5 Å². The van der Waals surface area contributed by atoms with E-state index in [1.54, 1.807) is 0 Å². The van der Waals surface area contributed by atoms with Gasteiger partial charge in [0.05, 0.1) is 0 Å². The fourth-order valence-electron chi connectivity index (χ4n) is 2.49. The standard InChI is InChI=1S/C15H28N6/c1-11(2)15-18-13(16-3)8-14(19-15)17-9-12-10-20(4)6-7-21(12)5/h8,11-12H,6-7,9-10H2,1-5H3,(H2,16,17,18,19). The lowest BCUT2D eigenvalue weighted by Gasteiger charge is -2.37. The number of nitrogens with zero attached hydrogens (tertiary/aromatic N) is 4. The van der Waals surface area contributed by atoms with Gasteiger partial charge in [-0.25, -0.2) is 9.97 Å². The number of likely N-dealkylation sites (N-methyl/N-ethyl adjacent to an activating group) is 2. The maximum Gasteiger partial charge on any atom is 0.135 e. The van der Waals surface area contributed by atoms with Gasteiger partial charge in [0.1, 0.15) is 17.5 Å². The molecule has 0 bridgehead atoms. The van der Waals surface area contributed by atoms with E-state index in [4.69, 9.17) is 0 Å². The minimum atomic E-state index is 0.322. The summed E-state index contributed by atoms with van der Waals surface area (Å²) in [6.45, 7) is 8.47. The molecule has 21 heavy (non-hydrogen) atoms. The number of nitrogens with one attached hydrogen (secondary N) is 2. The first-order valence-corrected chi connectivity index (χ1v) is 7.69. The first kappa shape index (κ1) is 16.0. The highest BCUT2D eigenvalue weighted by Gasteiger charge is 2.22. The van der Waals surface area contributed by atoms with Crippen LogP contribution in [0.3, 0.4) is 0 Å². The van der Waals surface area contributed by atoms with Crippen LogP contribution in [0.4, 0.5) is 11.6 Å². The van der Waals surface area contributed by atoms with Gasteiger partial charge in [0.15, 0.2) is 0 Å². The van der Waals surface area contributed by atoms with Crippen molar-refractivity contribution in [2.45, 2.75) is 25.8 Å². The summed E-state index contributed by atoms with van der Waals surface area (Å²) in [5.41, 5.74) is 0. The summed E-state index contributed by atoms with van der Waals surface area (Å²) < 4.78 is 0. The van der Waals surface area contributed by atoms with Crippen molar-refractivity contribution in [2.24, 2.45) is 0 Å². The van der Waals surface area contributed by atoms with Crippen LogP contribution in [0.15, 0.2) is 6.07 Å². The smallest absolute Gasteiger partial charge is 0.135 e. The third-order valence-electron chi connectivity index (χ3n) is 4.01. The van der Waals surface area contributed by atoms with Crippen LogP contribution < -0.4 is 10.6 Å². The number of rotatable bonds is 5. The second kappa shape index (κ2) is 7.04. The van der Waals surface area contributed by atoms with Crippen LogP contribution in [-0.4, -0.2) is 73.1 Å². The largest absolute Gasteiger partial charge is 0.373 e. The van der Waals surface area contributed by atoms with E-state index in [9.17, 15) is 0 Å². The Morgan fingerprint density at radius 3 is 2.62 bits per heavy atom. The van der Waals surface area contributed by atoms with Gasteiger partial charge in [-0.05, 0) is 14.1 Å². The molecule has 0 radical (unpaired) electrons. The van der Waals surface area contributed by atoms with E-state index in [0.29, 0.717) is 12.0 Å². The molecule has 118 valence electrons. The zero-order valence-corrected chi connectivity index (χ0v) is 13.8. The summed E-state index contributed by atoms with van der Waals surface area (Å²) in [6.07, 6.45) is 0. The average molecular weight is 292 g/mol. The molecule has 6 nitrogen and oxygen atoms in total. The number of hydrogen-bond acceptors (Lipinski definition) is 6. The molecule has 2 N–H and O–H groups in total. The lowest BCUT2D eigenvalue weighted by molar-refractivity contribution is 0.122. The molecule has 0 amide bonds. The Bertz CT molecular complexity index is 461. The Hall–Kier alpha value is -1.40. The lowest BCUT2D eigenvalue weighted by atomic mass is 10.2. The summed E-state index contributed by atoms with van der Waals surface area (Å²) in [4.78, 5) is 13.9. The maximum absolute atomic E-state index is 4.61. The van der Waals surface area contributed by atoms with E-state index in [1.807, 2.05) is 13.1 Å². The van der Waals surface area contributed by atoms with Gasteiger partial charge in [0.2, 0.25) is 0 Å². The summed E-state index contributed by atoms with van der Waals surface area (Å²) in [5.74, 6) is 2.96. The van der Waals surface area contributed by atoms with Crippen LogP contribution >= 0.6 is 0 Å². The van der Waals surface area contributed by atoms with E-state index < -0.39 is 0 Å². The first-order chi connectivity index (χ1) is 9.99. The predicted octanol–water partition coefficient (Wildman–Crippen LogP) is 1.30. The molecule has 1 aliphatic heterocycles. The Morgan fingerprint density at radius 1 is 1.24 bits per heavy atom. The highest BCUT2D eigenvalue weighted by Crippen LogP contribution is 2.17. The van der Waals surface area contributed by atoms with Crippen molar-refractivity contribution in [1.82, 2.24) is 19.8 Å². The third-order valence-corrected chi connectivity index (χ3v) is 4.01. The summed E-state index contributed by atoms with van der Waals surface area (Å²) in [7, 11) is 6.26. The van der Waals surface area contributed by atoms with Gasteiger partial charge in [0, 0.05) is 51.3 Å². The minimum Gasteiger partial charge on any atom is -0.373 e. The number of piperazine rings is 1. The Kier molecular flexibility index (Phi) is 5.36. The molecule has 2 rings (SSSR count). The molecule has 1 aromatic heterocycles. The lowest BCUT2D eigenvalue weighted by Crippen LogP contribution is -2.52. The molecule has 0 spiro atoms. The van der Waals surface area contributed by atoms with E-state index in [1.165, 1.54) is 0 Å². The van der Waals surface area contributed by atoms with Crippen LogP contribution in [0.25, 0.3) is 0 Å². The molecular weight excluding hydrogens is 264 g/mol. The van der Waals surface area contributed by atoms with E-state index >= 15 is 0 Å². The molecular formula is C15H28N6. The van der Waals surface area contributed by atoms with E-state index in [0.717, 1.165) is 43.6 Å².